The molecule has 118 valence electrons. The van der Waals surface area contributed by atoms with Gasteiger partial charge in [-0.25, -0.2) is 0 Å². The smallest absolute Gasteiger partial charge is 0.143 e. The first-order chi connectivity index (χ1) is 11.4. The molecule has 0 unspecified atom stereocenters. The van der Waals surface area contributed by atoms with Gasteiger partial charge in [-0.2, -0.15) is 0 Å². The number of piperidine rings is 1. The fourth-order valence-electron chi connectivity index (χ4n) is 4.52. The lowest BCUT2D eigenvalue weighted by Crippen LogP contribution is -2.44. The van der Waals surface area contributed by atoms with Crippen LogP contribution in [0.25, 0.3) is 11.1 Å². The first-order valence-electron chi connectivity index (χ1n) is 8.75. The molecule has 2 aromatic carbocycles. The Labute approximate surface area is 137 Å². The lowest BCUT2D eigenvalue weighted by atomic mass is 9.88. The van der Waals surface area contributed by atoms with Crippen molar-refractivity contribution in [2.24, 2.45) is 0 Å². The molecule has 23 heavy (non-hydrogen) atoms. The van der Waals surface area contributed by atoms with Crippen molar-refractivity contribution >= 4 is 5.69 Å². The van der Waals surface area contributed by atoms with Gasteiger partial charge in [-0.1, -0.05) is 30.3 Å². The van der Waals surface area contributed by atoms with Crippen LogP contribution in [0.15, 0.2) is 42.5 Å². The van der Waals surface area contributed by atoms with Crippen molar-refractivity contribution in [1.29, 1.82) is 0 Å². The van der Waals surface area contributed by atoms with Crippen LogP contribution >= 0.6 is 0 Å². The fourth-order valence-corrected chi connectivity index (χ4v) is 4.52. The van der Waals surface area contributed by atoms with Crippen LogP contribution in [-0.2, 0) is 0 Å². The number of hydrogen-bond donors (Lipinski definition) is 1. The summed E-state index contributed by atoms with van der Waals surface area (Å²) in [6.07, 6.45) is 2.35. The van der Waals surface area contributed by atoms with Crippen LogP contribution in [0.4, 0.5) is 5.69 Å². The summed E-state index contributed by atoms with van der Waals surface area (Å²) < 4.78 is 6.15. The molecule has 1 N–H and O–H groups in total. The molecule has 2 aromatic rings. The Morgan fingerprint density at radius 1 is 1.09 bits per heavy atom. The molecule has 0 spiro atoms. The number of nitrogens with one attached hydrogen (secondary N) is 1. The summed E-state index contributed by atoms with van der Waals surface area (Å²) in [7, 11) is 0. The first kappa shape index (κ1) is 13.4. The second-order valence-electron chi connectivity index (χ2n) is 6.84. The standard InChI is InChI=1S/C20H22N2O/c1-2-5-14(6-3-1)15-11-16-17-13-21-8-7-18(17)22-9-4-10-23-19(12-15)20(16)22/h1-3,5-6,11-12,17-18,21H,4,7-10,13H2/t17-,18-/m0/s1. The highest BCUT2D eigenvalue weighted by Gasteiger charge is 2.42. The second kappa shape index (κ2) is 5.27. The number of ether oxygens (including phenoxy) is 1. The van der Waals surface area contributed by atoms with Crippen molar-refractivity contribution in [2.45, 2.75) is 24.8 Å². The van der Waals surface area contributed by atoms with E-state index in [0.717, 1.165) is 38.4 Å². The van der Waals surface area contributed by atoms with Gasteiger partial charge >= 0.3 is 0 Å². The number of hydrogen-bond acceptors (Lipinski definition) is 3. The maximum atomic E-state index is 6.15. The molecule has 0 amide bonds. The van der Waals surface area contributed by atoms with E-state index in [-0.39, 0.29) is 0 Å². The van der Waals surface area contributed by atoms with Crippen LogP contribution in [0.1, 0.15) is 24.3 Å². The van der Waals surface area contributed by atoms with E-state index in [0.29, 0.717) is 12.0 Å². The average molecular weight is 306 g/mol. The number of anilines is 1. The number of rotatable bonds is 1. The highest BCUT2D eigenvalue weighted by atomic mass is 16.5. The zero-order valence-corrected chi connectivity index (χ0v) is 13.3. The predicted molar refractivity (Wildman–Crippen MR) is 93.4 cm³/mol. The molecule has 3 aliphatic rings. The summed E-state index contributed by atoms with van der Waals surface area (Å²) >= 11 is 0. The van der Waals surface area contributed by atoms with Crippen molar-refractivity contribution < 1.29 is 4.74 Å². The summed E-state index contributed by atoms with van der Waals surface area (Å²) in [5.74, 6) is 1.69. The summed E-state index contributed by atoms with van der Waals surface area (Å²) in [6.45, 7) is 4.18. The third-order valence-corrected chi connectivity index (χ3v) is 5.55. The molecular weight excluding hydrogens is 284 g/mol. The van der Waals surface area contributed by atoms with E-state index in [4.69, 9.17) is 4.74 Å². The van der Waals surface area contributed by atoms with Gasteiger partial charge in [-0.05, 0) is 48.2 Å². The summed E-state index contributed by atoms with van der Waals surface area (Å²) in [4.78, 5) is 2.64. The molecule has 3 nitrogen and oxygen atoms in total. The third kappa shape index (κ3) is 2.07. The highest BCUT2D eigenvalue weighted by molar-refractivity contribution is 5.78. The Balaban J connectivity index is 1.69. The van der Waals surface area contributed by atoms with Gasteiger partial charge in [0, 0.05) is 25.0 Å². The van der Waals surface area contributed by atoms with E-state index in [1.54, 1.807) is 0 Å². The second-order valence-corrected chi connectivity index (χ2v) is 6.84. The van der Waals surface area contributed by atoms with Gasteiger partial charge in [0.15, 0.2) is 0 Å². The van der Waals surface area contributed by atoms with Gasteiger partial charge in [-0.15, -0.1) is 0 Å². The monoisotopic (exact) mass is 306 g/mol. The maximum absolute atomic E-state index is 6.15. The van der Waals surface area contributed by atoms with Crippen molar-refractivity contribution in [3.8, 4) is 16.9 Å². The quantitative estimate of drug-likeness (QED) is 0.874. The fraction of sp³-hybridized carbons (Fsp3) is 0.400. The molecular formula is C20H22N2O. The van der Waals surface area contributed by atoms with Crippen LogP contribution < -0.4 is 15.0 Å². The molecule has 1 saturated heterocycles. The molecule has 3 heterocycles. The molecule has 0 radical (unpaired) electrons. The van der Waals surface area contributed by atoms with Crippen molar-refractivity contribution in [3.05, 3.63) is 48.0 Å². The molecule has 3 aliphatic heterocycles. The van der Waals surface area contributed by atoms with Crippen molar-refractivity contribution in [2.75, 3.05) is 31.1 Å². The molecule has 2 atom stereocenters. The van der Waals surface area contributed by atoms with Gasteiger partial charge in [0.2, 0.25) is 0 Å². The topological polar surface area (TPSA) is 24.5 Å². The van der Waals surface area contributed by atoms with E-state index < -0.39 is 0 Å². The first-order valence-corrected chi connectivity index (χ1v) is 8.75. The molecule has 0 aromatic heterocycles. The SMILES string of the molecule is c1ccc(-c2cc3c4c(c2)[C@@H]2CNCC[C@@H]2N4CCCO3)cc1. The minimum Gasteiger partial charge on any atom is -0.491 e. The summed E-state index contributed by atoms with van der Waals surface area (Å²) in [6, 6.07) is 16.0. The molecule has 5 rings (SSSR count). The highest BCUT2D eigenvalue weighted by Crippen LogP contribution is 2.50. The van der Waals surface area contributed by atoms with Crippen LogP contribution in [0.3, 0.4) is 0 Å². The maximum Gasteiger partial charge on any atom is 0.143 e. The number of benzene rings is 2. The Kier molecular flexibility index (Phi) is 3.08. The van der Waals surface area contributed by atoms with Gasteiger partial charge in [-0.3, -0.25) is 0 Å². The van der Waals surface area contributed by atoms with Crippen LogP contribution in [-0.4, -0.2) is 32.3 Å². The van der Waals surface area contributed by atoms with Gasteiger partial charge in [0.1, 0.15) is 5.75 Å². The lowest BCUT2D eigenvalue weighted by Gasteiger charge is -2.33. The lowest BCUT2D eigenvalue weighted by molar-refractivity contribution is 0.319. The van der Waals surface area contributed by atoms with E-state index in [1.165, 1.54) is 28.8 Å². The molecule has 0 saturated carbocycles. The molecule has 3 heteroatoms. The molecule has 0 bridgehead atoms. The zero-order chi connectivity index (χ0) is 15.2. The average Bonchev–Trinajstić information content (AvgIpc) is 2.77. The minimum atomic E-state index is 0.600. The van der Waals surface area contributed by atoms with Crippen LogP contribution in [0.5, 0.6) is 5.75 Å². The zero-order valence-electron chi connectivity index (χ0n) is 13.3. The summed E-state index contributed by atoms with van der Waals surface area (Å²) in [5, 5.41) is 3.59. The molecule has 0 aliphatic carbocycles. The van der Waals surface area contributed by atoms with Crippen molar-refractivity contribution in [3.63, 3.8) is 0 Å². The Morgan fingerprint density at radius 2 is 2.00 bits per heavy atom. The van der Waals surface area contributed by atoms with Crippen LogP contribution in [0, 0.1) is 0 Å². The van der Waals surface area contributed by atoms with E-state index in [2.05, 4.69) is 52.7 Å². The van der Waals surface area contributed by atoms with Gasteiger partial charge in [0.25, 0.3) is 0 Å². The molecule has 1 fully saturated rings. The minimum absolute atomic E-state index is 0.600. The van der Waals surface area contributed by atoms with Gasteiger partial charge < -0.3 is 15.0 Å². The van der Waals surface area contributed by atoms with E-state index in [9.17, 15) is 0 Å². The van der Waals surface area contributed by atoms with Crippen molar-refractivity contribution in [1.82, 2.24) is 5.32 Å². The Morgan fingerprint density at radius 3 is 2.91 bits per heavy atom. The van der Waals surface area contributed by atoms with E-state index in [1.807, 2.05) is 0 Å². The van der Waals surface area contributed by atoms with E-state index >= 15 is 0 Å². The number of nitrogens with zero attached hydrogens (tertiary/aromatic N) is 1. The van der Waals surface area contributed by atoms with Crippen LogP contribution in [0.2, 0.25) is 0 Å². The van der Waals surface area contributed by atoms with Gasteiger partial charge in [0.05, 0.1) is 12.3 Å². The predicted octanol–water partition coefficient (Wildman–Crippen LogP) is 3.40. The summed E-state index contributed by atoms with van der Waals surface area (Å²) in [5.41, 5.74) is 5.42. The third-order valence-electron chi connectivity index (χ3n) is 5.55. The largest absolute Gasteiger partial charge is 0.491 e. The Hall–Kier alpha value is -2.00. The number of fused-ring (bicyclic) bond motifs is 3. The Bertz CT molecular complexity index is 728. The normalized spacial score (nSPS) is 25.3.